The Balaban J connectivity index is 1.29. The van der Waals surface area contributed by atoms with Gasteiger partial charge in [-0.3, -0.25) is 14.4 Å². The molecule has 0 aliphatic rings. The van der Waals surface area contributed by atoms with E-state index >= 15 is 4.57 Å². The van der Waals surface area contributed by atoms with Gasteiger partial charge in [0.05, 0.1) is 0 Å². The lowest BCUT2D eigenvalue weighted by Gasteiger charge is -2.20. The zero-order chi connectivity index (χ0) is 34.8. The van der Waals surface area contributed by atoms with Crippen molar-refractivity contribution in [3.8, 4) is 0 Å². The zero-order valence-corrected chi connectivity index (χ0v) is 28.0. The normalized spacial score (nSPS) is 11.7. The van der Waals surface area contributed by atoms with E-state index in [9.17, 15) is 14.4 Å². The van der Waals surface area contributed by atoms with Gasteiger partial charge in [-0.15, -0.1) is 0 Å². The molecule has 6 aromatic rings. The van der Waals surface area contributed by atoms with E-state index in [1.807, 2.05) is 146 Å². The van der Waals surface area contributed by atoms with Gasteiger partial charge in [-0.2, -0.15) is 0 Å². The summed E-state index contributed by atoms with van der Waals surface area (Å²) in [5, 5.41) is 2.17. The highest BCUT2D eigenvalue weighted by Gasteiger charge is 2.29. The minimum absolute atomic E-state index is 0.631. The Hall–Kier alpha value is -6.22. The third-order valence-electron chi connectivity index (χ3n) is 8.39. The van der Waals surface area contributed by atoms with Crippen molar-refractivity contribution in [1.82, 2.24) is 0 Å². The summed E-state index contributed by atoms with van der Waals surface area (Å²) in [6, 6.07) is 45.5. The molecule has 0 aliphatic carbocycles. The van der Waals surface area contributed by atoms with E-state index in [4.69, 9.17) is 0 Å². The second-order valence-corrected chi connectivity index (χ2v) is 14.5. The quantitative estimate of drug-likeness (QED) is 0.0741. The molecule has 0 radical (unpaired) electrons. The monoisotopic (exact) mass is 668 g/mol. The Morgan fingerprint density at radius 1 is 0.260 bits per heavy atom. The van der Waals surface area contributed by atoms with Crippen LogP contribution >= 0.6 is 7.14 Å². The van der Waals surface area contributed by atoms with Crippen molar-refractivity contribution in [3.63, 3.8) is 0 Å². The highest BCUT2D eigenvalue weighted by molar-refractivity contribution is 7.85. The van der Waals surface area contributed by atoms with E-state index in [1.54, 1.807) is 36.4 Å². The minimum atomic E-state index is -3.27. The predicted octanol–water partition coefficient (Wildman–Crippen LogP) is 9.27. The zero-order valence-electron chi connectivity index (χ0n) is 27.1. The average Bonchev–Trinajstić information content (AvgIpc) is 3.19. The second-order valence-electron chi connectivity index (χ2n) is 11.7. The topological polar surface area (TPSA) is 68.3 Å². The minimum Gasteiger partial charge on any atom is -0.309 e. The molecule has 6 aromatic carbocycles. The highest BCUT2D eigenvalue weighted by atomic mass is 31.2. The van der Waals surface area contributed by atoms with Crippen LogP contribution in [0.25, 0.3) is 36.5 Å². The van der Waals surface area contributed by atoms with Crippen LogP contribution in [0.5, 0.6) is 0 Å². The maximum Gasteiger partial charge on any atom is 0.171 e. The first-order valence-corrected chi connectivity index (χ1v) is 17.8. The third kappa shape index (κ3) is 8.07. The molecule has 242 valence electrons. The molecule has 0 heterocycles. The smallest absolute Gasteiger partial charge is 0.171 e. The lowest BCUT2D eigenvalue weighted by atomic mass is 10.1. The van der Waals surface area contributed by atoms with Gasteiger partial charge >= 0.3 is 0 Å². The third-order valence-corrected chi connectivity index (χ3v) is 11.5. The fourth-order valence-electron chi connectivity index (χ4n) is 5.47. The van der Waals surface area contributed by atoms with Crippen LogP contribution in [0.1, 0.15) is 64.5 Å². The molecule has 0 bridgehead atoms. The maximum absolute atomic E-state index is 15.3. The van der Waals surface area contributed by atoms with Gasteiger partial charge in [0.2, 0.25) is 0 Å². The van der Waals surface area contributed by atoms with Crippen molar-refractivity contribution in [2.75, 3.05) is 0 Å². The molecule has 50 heavy (non-hydrogen) atoms. The van der Waals surface area contributed by atoms with E-state index in [0.717, 1.165) is 68.2 Å². The van der Waals surface area contributed by atoms with Gasteiger partial charge in [0.25, 0.3) is 0 Å². The first kappa shape index (κ1) is 33.7. The van der Waals surface area contributed by atoms with Crippen LogP contribution in [0.15, 0.2) is 146 Å². The summed E-state index contributed by atoms with van der Waals surface area (Å²) < 4.78 is 15.3. The number of benzene rings is 6. The number of rotatable bonds is 12. The molecule has 0 unspecified atom stereocenters. The standard InChI is InChI=1S/C45H33O4P/c46-31-40-13-7-34(8-14-40)1-4-37-19-25-43(26-20-37)50(49,44-27-21-38(22-28-44)5-2-35-9-15-41(32-47)16-10-35)45-29-23-39(24-30-45)6-3-36-11-17-42(33-48)18-12-36/h1-33H/b4-1+,5-2+,6-3+. The van der Waals surface area contributed by atoms with Gasteiger partial charge in [0, 0.05) is 32.6 Å². The fraction of sp³-hybridized carbons (Fsp3) is 0. The first-order chi connectivity index (χ1) is 24.5. The molecular weight excluding hydrogens is 635 g/mol. The number of hydrogen-bond acceptors (Lipinski definition) is 4. The van der Waals surface area contributed by atoms with Crippen LogP contribution in [0.4, 0.5) is 0 Å². The molecule has 6 rings (SSSR count). The maximum atomic E-state index is 15.3. The van der Waals surface area contributed by atoms with E-state index in [1.165, 1.54) is 0 Å². The van der Waals surface area contributed by atoms with Crippen molar-refractivity contribution >= 4 is 78.4 Å². The van der Waals surface area contributed by atoms with Crippen LogP contribution in [0, 0.1) is 0 Å². The van der Waals surface area contributed by atoms with Gasteiger partial charge in [-0.1, -0.05) is 182 Å². The summed E-state index contributed by atoms with van der Waals surface area (Å²) in [7, 11) is -3.27. The largest absolute Gasteiger partial charge is 0.309 e. The van der Waals surface area contributed by atoms with Crippen LogP contribution in [-0.2, 0) is 4.57 Å². The van der Waals surface area contributed by atoms with Crippen molar-refractivity contribution in [2.45, 2.75) is 0 Å². The van der Waals surface area contributed by atoms with Crippen LogP contribution in [-0.4, -0.2) is 18.9 Å². The second kappa shape index (κ2) is 15.8. The molecular formula is C45H33O4P. The fourth-order valence-corrected chi connectivity index (χ4v) is 8.07. The Kier molecular flexibility index (Phi) is 10.6. The first-order valence-electron chi connectivity index (χ1n) is 16.1. The Morgan fingerprint density at radius 2 is 0.420 bits per heavy atom. The molecule has 0 fully saturated rings. The van der Waals surface area contributed by atoms with Crippen LogP contribution in [0.2, 0.25) is 0 Å². The summed E-state index contributed by atoms with van der Waals surface area (Å²) >= 11 is 0. The molecule has 4 nitrogen and oxygen atoms in total. The van der Waals surface area contributed by atoms with Gasteiger partial charge in [-0.05, 0) is 33.4 Å². The summed E-state index contributed by atoms with van der Waals surface area (Å²) in [6.07, 6.45) is 14.4. The number of aldehydes is 3. The molecule has 0 saturated heterocycles. The summed E-state index contributed by atoms with van der Waals surface area (Å²) in [5.74, 6) is 0. The van der Waals surface area contributed by atoms with Crippen molar-refractivity contribution in [2.24, 2.45) is 0 Å². The summed E-state index contributed by atoms with van der Waals surface area (Å²) in [5.41, 5.74) is 7.70. The molecule has 0 amide bonds. The van der Waals surface area contributed by atoms with Crippen molar-refractivity contribution in [1.29, 1.82) is 0 Å². The Bertz CT molecular complexity index is 1970. The molecule has 5 heteroatoms. The average molecular weight is 669 g/mol. The highest BCUT2D eigenvalue weighted by Crippen LogP contribution is 2.42. The Morgan fingerprint density at radius 3 is 0.600 bits per heavy atom. The summed E-state index contributed by atoms with van der Waals surface area (Å²) in [4.78, 5) is 33.0. The number of carbonyl (C=O) groups is 3. The summed E-state index contributed by atoms with van der Waals surface area (Å²) in [6.45, 7) is 0. The lowest BCUT2D eigenvalue weighted by Crippen LogP contribution is -2.25. The molecule has 0 aromatic heterocycles. The van der Waals surface area contributed by atoms with Gasteiger partial charge in [0.15, 0.2) is 7.14 Å². The molecule has 0 atom stereocenters. The molecule has 0 saturated carbocycles. The van der Waals surface area contributed by atoms with Crippen molar-refractivity contribution in [3.05, 3.63) is 196 Å². The van der Waals surface area contributed by atoms with Gasteiger partial charge in [-0.25, -0.2) is 0 Å². The van der Waals surface area contributed by atoms with E-state index < -0.39 is 7.14 Å². The van der Waals surface area contributed by atoms with Gasteiger partial charge in [0.1, 0.15) is 18.9 Å². The van der Waals surface area contributed by atoms with Crippen LogP contribution < -0.4 is 15.9 Å². The van der Waals surface area contributed by atoms with Gasteiger partial charge < -0.3 is 4.57 Å². The Labute approximate surface area is 292 Å². The van der Waals surface area contributed by atoms with Crippen molar-refractivity contribution < 1.29 is 18.9 Å². The SMILES string of the molecule is O=Cc1ccc(/C=C/c2ccc(P(=O)(c3ccc(/C=C/c4ccc(C=O)cc4)cc3)c3ccc(/C=C/c4ccc(C=O)cc4)cc3)cc2)cc1. The van der Waals surface area contributed by atoms with E-state index in [2.05, 4.69) is 0 Å². The molecule has 0 spiro atoms. The van der Waals surface area contributed by atoms with Crippen LogP contribution in [0.3, 0.4) is 0 Å². The number of carbonyl (C=O) groups excluding carboxylic acids is 3. The predicted molar refractivity (Wildman–Crippen MR) is 208 cm³/mol. The van der Waals surface area contributed by atoms with E-state index in [0.29, 0.717) is 16.7 Å². The molecule has 0 aliphatic heterocycles. The van der Waals surface area contributed by atoms with E-state index in [-0.39, 0.29) is 0 Å². The number of hydrogen-bond donors (Lipinski definition) is 0. The lowest BCUT2D eigenvalue weighted by molar-refractivity contribution is 0.111. The molecule has 0 N–H and O–H groups in total.